The smallest absolute Gasteiger partial charge is 0.262 e. The Balaban J connectivity index is 1.36. The molecule has 0 unspecified atom stereocenters. The maximum Gasteiger partial charge on any atom is 0.262 e. The van der Waals surface area contributed by atoms with Crippen molar-refractivity contribution in [2.24, 2.45) is 7.05 Å². The van der Waals surface area contributed by atoms with Crippen LogP contribution in [0.2, 0.25) is 0 Å². The van der Waals surface area contributed by atoms with Crippen molar-refractivity contribution >= 4 is 23.4 Å². The van der Waals surface area contributed by atoms with Crippen molar-refractivity contribution < 1.29 is 23.7 Å². The Bertz CT molecular complexity index is 1070. The highest BCUT2D eigenvalue weighted by atomic mass is 32.2. The SMILES string of the molecule is COc1cnc(CSc2nncn2C)cc1OCC(=O)Nc1ccc2c(c1)OCCO2. The van der Waals surface area contributed by atoms with Crippen LogP contribution in [0, 0.1) is 0 Å². The van der Waals surface area contributed by atoms with Gasteiger partial charge in [0.25, 0.3) is 5.91 Å². The van der Waals surface area contributed by atoms with Crippen molar-refractivity contribution in [3.63, 3.8) is 0 Å². The van der Waals surface area contributed by atoms with Gasteiger partial charge in [-0.25, -0.2) is 0 Å². The molecule has 31 heavy (non-hydrogen) atoms. The molecule has 1 aromatic carbocycles. The van der Waals surface area contributed by atoms with E-state index in [0.29, 0.717) is 47.7 Å². The predicted molar refractivity (Wildman–Crippen MR) is 113 cm³/mol. The van der Waals surface area contributed by atoms with E-state index in [2.05, 4.69) is 20.5 Å². The topological polar surface area (TPSA) is 110 Å². The van der Waals surface area contributed by atoms with Crippen LogP contribution < -0.4 is 24.3 Å². The molecule has 0 fully saturated rings. The van der Waals surface area contributed by atoms with Crippen LogP contribution in [0.5, 0.6) is 23.0 Å². The van der Waals surface area contributed by atoms with Crippen LogP contribution in [0.25, 0.3) is 0 Å². The molecule has 2 aromatic heterocycles. The van der Waals surface area contributed by atoms with Crippen molar-refractivity contribution in [1.82, 2.24) is 19.7 Å². The molecule has 3 heterocycles. The first-order valence-corrected chi connectivity index (χ1v) is 10.4. The summed E-state index contributed by atoms with van der Waals surface area (Å²) in [6, 6.07) is 6.99. The van der Waals surface area contributed by atoms with Gasteiger partial charge in [-0.2, -0.15) is 0 Å². The number of ether oxygens (including phenoxy) is 4. The molecule has 10 nitrogen and oxygen atoms in total. The Labute approximate surface area is 182 Å². The second-order valence-corrected chi connectivity index (χ2v) is 7.48. The average molecular weight is 443 g/mol. The van der Waals surface area contributed by atoms with E-state index < -0.39 is 0 Å². The zero-order valence-corrected chi connectivity index (χ0v) is 17.8. The van der Waals surface area contributed by atoms with Gasteiger partial charge in [0.2, 0.25) is 0 Å². The molecule has 0 saturated carbocycles. The molecular weight excluding hydrogens is 422 g/mol. The Kier molecular flexibility index (Phi) is 6.41. The van der Waals surface area contributed by atoms with Gasteiger partial charge in [-0.05, 0) is 12.1 Å². The third-order valence-electron chi connectivity index (χ3n) is 4.31. The first-order chi connectivity index (χ1) is 15.1. The molecule has 0 spiro atoms. The second kappa shape index (κ2) is 9.56. The van der Waals surface area contributed by atoms with Crippen molar-refractivity contribution in [3.05, 3.63) is 42.5 Å². The zero-order chi connectivity index (χ0) is 21.6. The number of aromatic nitrogens is 4. The van der Waals surface area contributed by atoms with E-state index in [1.54, 1.807) is 36.8 Å². The van der Waals surface area contributed by atoms with E-state index in [4.69, 9.17) is 18.9 Å². The minimum Gasteiger partial charge on any atom is -0.491 e. The number of aryl methyl sites for hydroxylation is 1. The van der Waals surface area contributed by atoms with Gasteiger partial charge in [0, 0.05) is 30.6 Å². The summed E-state index contributed by atoms with van der Waals surface area (Å²) in [4.78, 5) is 16.7. The summed E-state index contributed by atoms with van der Waals surface area (Å²) in [6.07, 6.45) is 3.21. The lowest BCUT2D eigenvalue weighted by atomic mass is 10.2. The highest BCUT2D eigenvalue weighted by molar-refractivity contribution is 7.98. The molecule has 1 amide bonds. The number of pyridine rings is 1. The predicted octanol–water partition coefficient (Wildman–Crippen LogP) is 2.30. The minimum atomic E-state index is -0.314. The number of rotatable bonds is 8. The van der Waals surface area contributed by atoms with Crippen molar-refractivity contribution in [2.45, 2.75) is 10.9 Å². The first kappa shape index (κ1) is 20.8. The summed E-state index contributed by atoms with van der Waals surface area (Å²) in [5.41, 5.74) is 1.36. The van der Waals surface area contributed by atoms with E-state index in [9.17, 15) is 4.79 Å². The normalized spacial score (nSPS) is 12.3. The fraction of sp³-hybridized carbons (Fsp3) is 0.300. The van der Waals surface area contributed by atoms with Gasteiger partial charge in [-0.15, -0.1) is 10.2 Å². The third kappa shape index (κ3) is 5.18. The molecule has 4 rings (SSSR count). The number of nitrogens with zero attached hydrogens (tertiary/aromatic N) is 4. The zero-order valence-electron chi connectivity index (χ0n) is 17.0. The van der Waals surface area contributed by atoms with Gasteiger partial charge in [-0.1, -0.05) is 11.8 Å². The molecule has 1 aliphatic rings. The molecule has 0 saturated heterocycles. The van der Waals surface area contributed by atoms with Gasteiger partial charge in [0.05, 0.1) is 19.0 Å². The van der Waals surface area contributed by atoms with E-state index in [0.717, 1.165) is 10.9 Å². The van der Waals surface area contributed by atoms with Crippen LogP contribution in [0.1, 0.15) is 5.69 Å². The summed E-state index contributed by atoms with van der Waals surface area (Å²) < 4.78 is 23.8. The molecule has 11 heteroatoms. The number of thioether (sulfide) groups is 1. The summed E-state index contributed by atoms with van der Waals surface area (Å²) in [5.74, 6) is 2.39. The van der Waals surface area contributed by atoms with Crippen LogP contribution in [-0.2, 0) is 17.6 Å². The molecule has 0 aliphatic carbocycles. The third-order valence-corrected chi connectivity index (χ3v) is 5.38. The fourth-order valence-corrected chi connectivity index (χ4v) is 3.60. The minimum absolute atomic E-state index is 0.190. The van der Waals surface area contributed by atoms with Gasteiger partial charge < -0.3 is 28.8 Å². The summed E-state index contributed by atoms with van der Waals surface area (Å²) in [7, 11) is 3.39. The lowest BCUT2D eigenvalue weighted by molar-refractivity contribution is -0.118. The lowest BCUT2D eigenvalue weighted by Crippen LogP contribution is -2.21. The standard InChI is InChI=1S/C20H21N5O5S/c1-25-12-22-24-20(25)31-11-14-8-17(18(27-2)9-21-14)30-10-19(26)23-13-3-4-15-16(7-13)29-6-5-28-15/h3-4,7-9,12H,5-6,10-11H2,1-2H3,(H,23,26). The molecule has 3 aromatic rings. The Hall–Kier alpha value is -3.47. The van der Waals surface area contributed by atoms with Crippen LogP contribution in [0.15, 0.2) is 41.9 Å². The number of fused-ring (bicyclic) bond motifs is 1. The van der Waals surface area contributed by atoms with Crippen molar-refractivity contribution in [2.75, 3.05) is 32.2 Å². The highest BCUT2D eigenvalue weighted by Crippen LogP contribution is 2.33. The number of amides is 1. The number of hydrogen-bond donors (Lipinski definition) is 1. The number of methoxy groups -OCH3 is 1. The van der Waals surface area contributed by atoms with Gasteiger partial charge in [0.1, 0.15) is 19.5 Å². The molecule has 0 atom stereocenters. The van der Waals surface area contributed by atoms with Gasteiger partial charge in [-0.3, -0.25) is 9.78 Å². The monoisotopic (exact) mass is 443 g/mol. The number of hydrogen-bond acceptors (Lipinski definition) is 9. The molecule has 0 bridgehead atoms. The summed E-state index contributed by atoms with van der Waals surface area (Å²) in [5, 5.41) is 11.5. The molecular formula is C20H21N5O5S. The highest BCUT2D eigenvalue weighted by Gasteiger charge is 2.14. The Morgan fingerprint density at radius 3 is 2.84 bits per heavy atom. The molecule has 1 aliphatic heterocycles. The average Bonchev–Trinajstić information content (AvgIpc) is 3.21. The van der Waals surface area contributed by atoms with E-state index in [-0.39, 0.29) is 12.5 Å². The van der Waals surface area contributed by atoms with E-state index in [1.807, 2.05) is 11.6 Å². The van der Waals surface area contributed by atoms with E-state index in [1.165, 1.54) is 18.9 Å². The van der Waals surface area contributed by atoms with Crippen LogP contribution in [0.3, 0.4) is 0 Å². The fourth-order valence-electron chi connectivity index (χ4n) is 2.81. The van der Waals surface area contributed by atoms with Gasteiger partial charge in [0.15, 0.2) is 34.8 Å². The first-order valence-electron chi connectivity index (χ1n) is 9.44. The van der Waals surface area contributed by atoms with Crippen LogP contribution in [0.4, 0.5) is 5.69 Å². The summed E-state index contributed by atoms with van der Waals surface area (Å²) >= 11 is 1.50. The Morgan fingerprint density at radius 2 is 2.06 bits per heavy atom. The summed E-state index contributed by atoms with van der Waals surface area (Å²) in [6.45, 7) is 0.802. The lowest BCUT2D eigenvalue weighted by Gasteiger charge is -2.19. The number of anilines is 1. The molecule has 162 valence electrons. The van der Waals surface area contributed by atoms with Crippen molar-refractivity contribution in [1.29, 1.82) is 0 Å². The van der Waals surface area contributed by atoms with Gasteiger partial charge >= 0.3 is 0 Å². The second-order valence-electron chi connectivity index (χ2n) is 6.53. The van der Waals surface area contributed by atoms with Crippen LogP contribution >= 0.6 is 11.8 Å². The quantitative estimate of drug-likeness (QED) is 0.524. The van der Waals surface area contributed by atoms with E-state index >= 15 is 0 Å². The number of benzene rings is 1. The Morgan fingerprint density at radius 1 is 1.23 bits per heavy atom. The number of carbonyl (C=O) groups is 1. The molecule has 1 N–H and O–H groups in total. The van der Waals surface area contributed by atoms with Crippen LogP contribution in [-0.4, -0.2) is 52.6 Å². The number of nitrogens with one attached hydrogen (secondary N) is 1. The van der Waals surface area contributed by atoms with Crippen molar-refractivity contribution in [3.8, 4) is 23.0 Å². The largest absolute Gasteiger partial charge is 0.491 e. The number of carbonyl (C=O) groups excluding carboxylic acids is 1. The maximum atomic E-state index is 12.4. The maximum absolute atomic E-state index is 12.4. The molecule has 0 radical (unpaired) electrons.